The van der Waals surface area contributed by atoms with Gasteiger partial charge in [0.1, 0.15) is 5.82 Å². The van der Waals surface area contributed by atoms with Crippen molar-refractivity contribution in [3.8, 4) is 0 Å². The van der Waals surface area contributed by atoms with E-state index in [2.05, 4.69) is 9.97 Å². The second kappa shape index (κ2) is 9.16. The Bertz CT molecular complexity index is 899. The van der Waals surface area contributed by atoms with Crippen LogP contribution in [0.1, 0.15) is 55.6 Å². The Morgan fingerprint density at radius 1 is 1.22 bits per heavy atom. The van der Waals surface area contributed by atoms with E-state index in [4.69, 9.17) is 5.73 Å². The third-order valence-electron chi connectivity index (χ3n) is 4.36. The third kappa shape index (κ3) is 4.64. The molecule has 1 amide bonds. The normalized spacial score (nSPS) is 10.8. The lowest BCUT2D eigenvalue weighted by Gasteiger charge is -2.24. The van der Waals surface area contributed by atoms with E-state index in [1.807, 2.05) is 20.8 Å². The number of amides is 1. The molecule has 0 spiro atoms. The number of anilines is 2. The number of aromatic nitrogens is 3. The summed E-state index contributed by atoms with van der Waals surface area (Å²) in [6.07, 6.45) is 4.61. The topological polar surface area (TPSA) is 114 Å². The lowest BCUT2D eigenvalue weighted by molar-refractivity contribution is 0.0986. The van der Waals surface area contributed by atoms with Crippen LogP contribution in [-0.2, 0) is 6.54 Å². The predicted molar refractivity (Wildman–Crippen MR) is 106 cm³/mol. The van der Waals surface area contributed by atoms with Gasteiger partial charge in [-0.1, -0.05) is 26.7 Å². The minimum Gasteiger partial charge on any atom is -0.383 e. The second-order valence-electron chi connectivity index (χ2n) is 6.50. The van der Waals surface area contributed by atoms with Crippen molar-refractivity contribution in [3.63, 3.8) is 0 Å². The summed E-state index contributed by atoms with van der Waals surface area (Å²) in [6, 6.07) is 3.40. The molecule has 2 aromatic heterocycles. The van der Waals surface area contributed by atoms with Crippen LogP contribution in [0.5, 0.6) is 0 Å². The summed E-state index contributed by atoms with van der Waals surface area (Å²) in [5.74, 6) is -0.351. The summed E-state index contributed by atoms with van der Waals surface area (Å²) in [7, 11) is 0. The molecule has 2 heterocycles. The van der Waals surface area contributed by atoms with Crippen molar-refractivity contribution in [2.45, 2.75) is 53.0 Å². The molecular formula is C19H27N5O3. The van der Waals surface area contributed by atoms with Gasteiger partial charge in [0.2, 0.25) is 0 Å². The van der Waals surface area contributed by atoms with E-state index in [0.29, 0.717) is 25.1 Å². The first kappa shape index (κ1) is 20.4. The average molecular weight is 373 g/mol. The SMILES string of the molecule is CCCCN(C(=O)c1ccc(C)nc1)c1c(N)n(CCCC)c(=O)[nH]c1=O. The third-order valence-corrected chi connectivity index (χ3v) is 4.36. The maximum Gasteiger partial charge on any atom is 0.330 e. The van der Waals surface area contributed by atoms with Crippen LogP contribution in [0.15, 0.2) is 27.9 Å². The first-order valence-corrected chi connectivity index (χ1v) is 9.27. The zero-order valence-corrected chi connectivity index (χ0v) is 16.1. The van der Waals surface area contributed by atoms with Gasteiger partial charge >= 0.3 is 5.69 Å². The fourth-order valence-electron chi connectivity index (χ4n) is 2.76. The Labute approximate surface area is 158 Å². The van der Waals surface area contributed by atoms with Gasteiger partial charge in [-0.3, -0.25) is 24.1 Å². The molecule has 27 heavy (non-hydrogen) atoms. The van der Waals surface area contributed by atoms with E-state index in [0.717, 1.165) is 25.0 Å². The van der Waals surface area contributed by atoms with Crippen molar-refractivity contribution in [3.05, 3.63) is 50.4 Å². The summed E-state index contributed by atoms with van der Waals surface area (Å²) in [5, 5.41) is 0. The number of unbranched alkanes of at least 4 members (excludes halogenated alkanes) is 2. The summed E-state index contributed by atoms with van der Waals surface area (Å²) in [5.41, 5.74) is 6.12. The molecule has 0 atom stereocenters. The highest BCUT2D eigenvalue weighted by Gasteiger charge is 2.25. The molecule has 8 heteroatoms. The van der Waals surface area contributed by atoms with Crippen LogP contribution < -0.4 is 21.9 Å². The van der Waals surface area contributed by atoms with Crippen LogP contribution in [0, 0.1) is 6.92 Å². The van der Waals surface area contributed by atoms with Gasteiger partial charge in [0, 0.05) is 25.0 Å². The van der Waals surface area contributed by atoms with Crippen molar-refractivity contribution in [1.82, 2.24) is 14.5 Å². The van der Waals surface area contributed by atoms with Gasteiger partial charge in [-0.2, -0.15) is 0 Å². The maximum absolute atomic E-state index is 13.1. The van der Waals surface area contributed by atoms with E-state index >= 15 is 0 Å². The molecule has 2 aromatic rings. The molecule has 0 bridgehead atoms. The van der Waals surface area contributed by atoms with Crippen LogP contribution in [0.4, 0.5) is 11.5 Å². The van der Waals surface area contributed by atoms with Crippen molar-refractivity contribution >= 4 is 17.4 Å². The molecule has 0 aliphatic carbocycles. The van der Waals surface area contributed by atoms with Crippen molar-refractivity contribution < 1.29 is 4.79 Å². The van der Waals surface area contributed by atoms with Crippen molar-refractivity contribution in [2.75, 3.05) is 17.2 Å². The molecule has 0 saturated carbocycles. The molecule has 8 nitrogen and oxygen atoms in total. The predicted octanol–water partition coefficient (Wildman–Crippen LogP) is 2.07. The van der Waals surface area contributed by atoms with Gasteiger partial charge in [0.15, 0.2) is 5.69 Å². The van der Waals surface area contributed by atoms with Gasteiger partial charge in [0.05, 0.1) is 5.56 Å². The highest BCUT2D eigenvalue weighted by Crippen LogP contribution is 2.20. The molecule has 0 aliphatic rings. The fourth-order valence-corrected chi connectivity index (χ4v) is 2.76. The van der Waals surface area contributed by atoms with Crippen LogP contribution in [0.3, 0.4) is 0 Å². The average Bonchev–Trinajstić information content (AvgIpc) is 2.64. The highest BCUT2D eigenvalue weighted by molar-refractivity contribution is 6.07. The minimum absolute atomic E-state index is 0.0155. The molecular weight excluding hydrogens is 346 g/mol. The molecule has 0 fully saturated rings. The van der Waals surface area contributed by atoms with Crippen molar-refractivity contribution in [2.24, 2.45) is 0 Å². The lowest BCUT2D eigenvalue weighted by atomic mass is 10.2. The number of hydrogen-bond acceptors (Lipinski definition) is 5. The maximum atomic E-state index is 13.1. The van der Waals surface area contributed by atoms with E-state index in [-0.39, 0.29) is 17.4 Å². The molecule has 3 N–H and O–H groups in total. The number of aromatic amines is 1. The number of nitrogens with zero attached hydrogens (tertiary/aromatic N) is 3. The van der Waals surface area contributed by atoms with Gasteiger partial charge in [0.25, 0.3) is 11.5 Å². The Hall–Kier alpha value is -2.90. The van der Waals surface area contributed by atoms with E-state index in [1.54, 1.807) is 12.1 Å². The number of hydrogen-bond donors (Lipinski definition) is 2. The first-order valence-electron chi connectivity index (χ1n) is 9.27. The van der Waals surface area contributed by atoms with Gasteiger partial charge in [-0.15, -0.1) is 0 Å². The first-order chi connectivity index (χ1) is 12.9. The molecule has 0 aromatic carbocycles. The van der Waals surface area contributed by atoms with Gasteiger partial charge in [-0.25, -0.2) is 4.79 Å². The number of carbonyl (C=O) groups is 1. The molecule has 146 valence electrons. The second-order valence-corrected chi connectivity index (χ2v) is 6.50. The smallest absolute Gasteiger partial charge is 0.330 e. The Kier molecular flexibility index (Phi) is 6.92. The number of nitrogen functional groups attached to an aromatic ring is 1. The van der Waals surface area contributed by atoms with E-state index in [1.165, 1.54) is 15.7 Å². The number of rotatable bonds is 8. The largest absolute Gasteiger partial charge is 0.383 e. The Balaban J connectivity index is 2.55. The number of carbonyl (C=O) groups excluding carboxylic acids is 1. The minimum atomic E-state index is -0.658. The summed E-state index contributed by atoms with van der Waals surface area (Å²) in [4.78, 5) is 45.5. The van der Waals surface area contributed by atoms with Crippen LogP contribution in [-0.4, -0.2) is 27.0 Å². The van der Waals surface area contributed by atoms with Crippen LogP contribution in [0.2, 0.25) is 0 Å². The molecule has 0 radical (unpaired) electrons. The van der Waals surface area contributed by atoms with Gasteiger partial charge < -0.3 is 10.6 Å². The summed E-state index contributed by atoms with van der Waals surface area (Å²) in [6.45, 7) is 6.52. The molecule has 0 saturated heterocycles. The number of H-pyrrole nitrogens is 1. The number of aryl methyl sites for hydroxylation is 1. The quantitative estimate of drug-likeness (QED) is 0.735. The zero-order chi connectivity index (χ0) is 20.0. The summed E-state index contributed by atoms with van der Waals surface area (Å²) >= 11 is 0. The van der Waals surface area contributed by atoms with Crippen LogP contribution >= 0.6 is 0 Å². The standard InChI is InChI=1S/C19H27N5O3/c1-4-6-10-23(18(26)14-9-8-13(3)21-12-14)15-16(20)24(11-7-5-2)19(27)22-17(15)25/h8-9,12H,4-7,10-11,20H2,1-3H3,(H,22,25,27). The van der Waals surface area contributed by atoms with Gasteiger partial charge in [-0.05, 0) is 31.9 Å². The monoisotopic (exact) mass is 373 g/mol. The number of nitrogens with two attached hydrogens (primary N) is 1. The molecule has 0 aliphatic heterocycles. The molecule has 2 rings (SSSR count). The highest BCUT2D eigenvalue weighted by atomic mass is 16.2. The van der Waals surface area contributed by atoms with E-state index < -0.39 is 11.2 Å². The number of pyridine rings is 1. The lowest BCUT2D eigenvalue weighted by Crippen LogP contribution is -2.41. The molecule has 0 unspecified atom stereocenters. The number of nitrogens with one attached hydrogen (secondary N) is 1. The summed E-state index contributed by atoms with van der Waals surface area (Å²) < 4.78 is 1.32. The van der Waals surface area contributed by atoms with Crippen LogP contribution in [0.25, 0.3) is 0 Å². The zero-order valence-electron chi connectivity index (χ0n) is 16.1. The van der Waals surface area contributed by atoms with E-state index in [9.17, 15) is 14.4 Å². The Morgan fingerprint density at radius 2 is 1.93 bits per heavy atom. The van der Waals surface area contributed by atoms with Crippen molar-refractivity contribution in [1.29, 1.82) is 0 Å². The Morgan fingerprint density at radius 3 is 2.52 bits per heavy atom. The fraction of sp³-hybridized carbons (Fsp3) is 0.474.